The monoisotopic (exact) mass is 376 g/mol. The van der Waals surface area contributed by atoms with Gasteiger partial charge in [0.2, 0.25) is 5.75 Å². The summed E-state index contributed by atoms with van der Waals surface area (Å²) in [4.78, 5) is 17.5. The van der Waals surface area contributed by atoms with Gasteiger partial charge in [-0.25, -0.2) is 0 Å². The van der Waals surface area contributed by atoms with Crippen molar-refractivity contribution in [1.82, 2.24) is 9.80 Å². The van der Waals surface area contributed by atoms with E-state index in [-0.39, 0.29) is 5.91 Å². The fourth-order valence-corrected chi connectivity index (χ4v) is 4.41. The molecule has 2 fully saturated rings. The summed E-state index contributed by atoms with van der Waals surface area (Å²) in [5, 5.41) is 0. The molecule has 3 rings (SSSR count). The van der Waals surface area contributed by atoms with Crippen molar-refractivity contribution in [2.75, 3.05) is 47.5 Å². The number of methoxy groups -OCH3 is 3. The van der Waals surface area contributed by atoms with Crippen molar-refractivity contribution in [2.24, 2.45) is 5.92 Å². The maximum absolute atomic E-state index is 13.0. The van der Waals surface area contributed by atoms with E-state index in [2.05, 4.69) is 11.8 Å². The molecule has 0 spiro atoms. The Balaban J connectivity index is 1.67. The number of rotatable bonds is 5. The van der Waals surface area contributed by atoms with Crippen molar-refractivity contribution >= 4 is 5.91 Å². The second kappa shape index (κ2) is 8.83. The van der Waals surface area contributed by atoms with E-state index in [0.717, 1.165) is 32.1 Å². The first-order chi connectivity index (χ1) is 13.1. The van der Waals surface area contributed by atoms with Gasteiger partial charge >= 0.3 is 0 Å². The van der Waals surface area contributed by atoms with E-state index in [1.54, 1.807) is 33.5 Å². The normalized spacial score (nSPS) is 23.8. The minimum absolute atomic E-state index is 0.0194. The van der Waals surface area contributed by atoms with E-state index in [4.69, 9.17) is 14.2 Å². The molecule has 0 unspecified atom stereocenters. The Morgan fingerprint density at radius 2 is 1.59 bits per heavy atom. The summed E-state index contributed by atoms with van der Waals surface area (Å²) in [5.41, 5.74) is 0.573. The van der Waals surface area contributed by atoms with Crippen LogP contribution in [0, 0.1) is 5.92 Å². The van der Waals surface area contributed by atoms with E-state index < -0.39 is 0 Å². The fraction of sp³-hybridized carbons (Fsp3) is 0.667. The molecule has 1 aliphatic heterocycles. The lowest BCUT2D eigenvalue weighted by atomic mass is 9.86. The molecule has 2 atom stereocenters. The highest BCUT2D eigenvalue weighted by molar-refractivity contribution is 5.95. The molecule has 1 aromatic rings. The summed E-state index contributed by atoms with van der Waals surface area (Å²) in [7, 11) is 4.69. The molecule has 0 N–H and O–H groups in total. The zero-order valence-electron chi connectivity index (χ0n) is 17.0. The summed E-state index contributed by atoms with van der Waals surface area (Å²) in [6.45, 7) is 5.79. The molecule has 150 valence electrons. The first kappa shape index (κ1) is 19.8. The first-order valence-electron chi connectivity index (χ1n) is 9.90. The van der Waals surface area contributed by atoms with Crippen LogP contribution in [-0.4, -0.2) is 69.3 Å². The fourth-order valence-electron chi connectivity index (χ4n) is 4.41. The number of benzene rings is 1. The third-order valence-corrected chi connectivity index (χ3v) is 5.94. The van der Waals surface area contributed by atoms with Gasteiger partial charge in [0.1, 0.15) is 0 Å². The van der Waals surface area contributed by atoms with E-state index in [1.807, 2.05) is 4.90 Å². The van der Waals surface area contributed by atoms with Crippen molar-refractivity contribution in [1.29, 1.82) is 0 Å². The molecule has 1 aliphatic carbocycles. The predicted molar refractivity (Wildman–Crippen MR) is 105 cm³/mol. The average molecular weight is 376 g/mol. The van der Waals surface area contributed by atoms with Crippen LogP contribution < -0.4 is 14.2 Å². The number of hydrogen-bond donors (Lipinski definition) is 0. The van der Waals surface area contributed by atoms with Gasteiger partial charge in [-0.15, -0.1) is 0 Å². The summed E-state index contributed by atoms with van der Waals surface area (Å²) in [6, 6.07) is 4.16. The molecule has 27 heavy (non-hydrogen) atoms. The highest BCUT2D eigenvalue weighted by Gasteiger charge is 2.30. The molecule has 0 radical (unpaired) electrons. The van der Waals surface area contributed by atoms with Gasteiger partial charge in [-0.3, -0.25) is 9.69 Å². The van der Waals surface area contributed by atoms with Crippen molar-refractivity contribution in [3.05, 3.63) is 17.7 Å². The highest BCUT2D eigenvalue weighted by atomic mass is 16.5. The van der Waals surface area contributed by atoms with Crippen LogP contribution in [0.15, 0.2) is 12.1 Å². The van der Waals surface area contributed by atoms with Gasteiger partial charge in [0.15, 0.2) is 11.5 Å². The van der Waals surface area contributed by atoms with Crippen LogP contribution in [0.5, 0.6) is 17.2 Å². The largest absolute Gasteiger partial charge is 0.493 e. The Bertz CT molecular complexity index is 631. The van der Waals surface area contributed by atoms with Crippen LogP contribution in [0.1, 0.15) is 43.0 Å². The van der Waals surface area contributed by atoms with E-state index >= 15 is 0 Å². The lowest BCUT2D eigenvalue weighted by molar-refractivity contribution is 0.0488. The van der Waals surface area contributed by atoms with Gasteiger partial charge in [0.05, 0.1) is 21.3 Å². The summed E-state index contributed by atoms with van der Waals surface area (Å²) >= 11 is 0. The van der Waals surface area contributed by atoms with Crippen molar-refractivity contribution in [2.45, 2.75) is 38.6 Å². The number of amides is 1. The SMILES string of the molecule is COc1cc(C(=O)N2CCN([C@@H]3CCC[C@@H](C)C3)CC2)cc(OC)c1OC. The molecule has 1 amide bonds. The second-order valence-corrected chi connectivity index (χ2v) is 7.67. The van der Waals surface area contributed by atoms with Crippen LogP contribution in [0.2, 0.25) is 0 Å². The minimum Gasteiger partial charge on any atom is -0.493 e. The molecule has 2 aliphatic rings. The van der Waals surface area contributed by atoms with Crippen LogP contribution in [0.4, 0.5) is 0 Å². The van der Waals surface area contributed by atoms with Gasteiger partial charge < -0.3 is 19.1 Å². The van der Waals surface area contributed by atoms with Crippen LogP contribution in [0.3, 0.4) is 0 Å². The number of carbonyl (C=O) groups excluding carboxylic acids is 1. The van der Waals surface area contributed by atoms with E-state index in [0.29, 0.717) is 28.9 Å². The topological polar surface area (TPSA) is 51.2 Å². The minimum atomic E-state index is 0.0194. The number of nitrogens with zero attached hydrogens (tertiary/aromatic N) is 2. The third-order valence-electron chi connectivity index (χ3n) is 5.94. The maximum atomic E-state index is 13.0. The summed E-state index contributed by atoms with van der Waals surface area (Å²) in [5.74, 6) is 2.37. The Labute approximate surface area is 162 Å². The molecular formula is C21H32N2O4. The average Bonchev–Trinajstić information content (AvgIpc) is 2.72. The standard InChI is InChI=1S/C21H32N2O4/c1-15-6-5-7-17(12-15)22-8-10-23(11-9-22)21(24)16-13-18(25-2)20(27-4)19(14-16)26-3/h13-15,17H,5-12H2,1-4H3/t15-,17-/m1/s1. The molecule has 0 bridgehead atoms. The molecular weight excluding hydrogens is 344 g/mol. The number of ether oxygens (including phenoxy) is 3. The van der Waals surface area contributed by atoms with Crippen molar-refractivity contribution in [3.8, 4) is 17.2 Å². The number of carbonyl (C=O) groups is 1. The Morgan fingerprint density at radius 1 is 0.963 bits per heavy atom. The van der Waals surface area contributed by atoms with Gasteiger partial charge in [-0.05, 0) is 30.9 Å². The van der Waals surface area contributed by atoms with E-state index in [1.165, 1.54) is 25.7 Å². The molecule has 6 nitrogen and oxygen atoms in total. The first-order valence-corrected chi connectivity index (χ1v) is 9.90. The van der Waals surface area contributed by atoms with Gasteiger partial charge in [0, 0.05) is 37.8 Å². The molecule has 1 heterocycles. The van der Waals surface area contributed by atoms with Crippen LogP contribution in [-0.2, 0) is 0 Å². The van der Waals surface area contributed by atoms with Crippen molar-refractivity contribution in [3.63, 3.8) is 0 Å². The van der Waals surface area contributed by atoms with Gasteiger partial charge in [-0.1, -0.05) is 19.8 Å². The highest BCUT2D eigenvalue weighted by Crippen LogP contribution is 2.38. The summed E-state index contributed by atoms with van der Waals surface area (Å²) in [6.07, 6.45) is 5.28. The molecule has 1 saturated heterocycles. The van der Waals surface area contributed by atoms with Crippen LogP contribution in [0.25, 0.3) is 0 Å². The maximum Gasteiger partial charge on any atom is 0.254 e. The van der Waals surface area contributed by atoms with Crippen LogP contribution >= 0.6 is 0 Å². The van der Waals surface area contributed by atoms with Gasteiger partial charge in [-0.2, -0.15) is 0 Å². The lowest BCUT2D eigenvalue weighted by Crippen LogP contribution is -2.52. The molecule has 1 saturated carbocycles. The lowest BCUT2D eigenvalue weighted by Gasteiger charge is -2.42. The molecule has 0 aromatic heterocycles. The third kappa shape index (κ3) is 4.32. The Kier molecular flexibility index (Phi) is 6.47. The van der Waals surface area contributed by atoms with Gasteiger partial charge in [0.25, 0.3) is 5.91 Å². The summed E-state index contributed by atoms with van der Waals surface area (Å²) < 4.78 is 16.1. The molecule has 6 heteroatoms. The second-order valence-electron chi connectivity index (χ2n) is 7.67. The Morgan fingerprint density at radius 3 is 2.11 bits per heavy atom. The number of hydrogen-bond acceptors (Lipinski definition) is 5. The number of piperazine rings is 1. The zero-order chi connectivity index (χ0) is 19.4. The zero-order valence-corrected chi connectivity index (χ0v) is 17.0. The Hall–Kier alpha value is -1.95. The molecule has 1 aromatic carbocycles. The quantitative estimate of drug-likeness (QED) is 0.791. The predicted octanol–water partition coefficient (Wildman–Crippen LogP) is 3.05. The van der Waals surface area contributed by atoms with E-state index in [9.17, 15) is 4.79 Å². The smallest absolute Gasteiger partial charge is 0.254 e. The van der Waals surface area contributed by atoms with Crippen molar-refractivity contribution < 1.29 is 19.0 Å².